The zero-order valence-electron chi connectivity index (χ0n) is 12.9. The fourth-order valence-corrected chi connectivity index (χ4v) is 2.52. The van der Waals surface area contributed by atoms with E-state index in [2.05, 4.69) is 5.32 Å². The van der Waals surface area contributed by atoms with Crippen molar-refractivity contribution in [2.24, 2.45) is 0 Å². The first-order chi connectivity index (χ1) is 11.1. The third-order valence-electron chi connectivity index (χ3n) is 3.76. The van der Waals surface area contributed by atoms with Gasteiger partial charge in [-0.2, -0.15) is 0 Å². The minimum atomic E-state index is -0.0975. The Balaban J connectivity index is 1.75. The summed E-state index contributed by atoms with van der Waals surface area (Å²) in [6, 6.07) is 14.9. The number of ether oxygens (including phenoxy) is 1. The van der Waals surface area contributed by atoms with E-state index in [4.69, 9.17) is 4.74 Å². The Kier molecular flexibility index (Phi) is 4.28. The van der Waals surface area contributed by atoms with Crippen LogP contribution in [-0.4, -0.2) is 25.5 Å². The number of carbonyl (C=O) groups is 2. The molecular formula is C18H18N2O3. The van der Waals surface area contributed by atoms with E-state index in [0.29, 0.717) is 36.6 Å². The van der Waals surface area contributed by atoms with Gasteiger partial charge in [0, 0.05) is 12.7 Å². The standard InChI is InChI=1S/C18H18N2O3/c1-20-15-12-14(7-8-16(15)23-10-9-18(20)22)19-17(21)11-13-5-3-2-4-6-13/h2-8,12H,9-11H2,1H3,(H,19,21). The van der Waals surface area contributed by atoms with E-state index in [0.717, 1.165) is 5.56 Å². The van der Waals surface area contributed by atoms with Crippen LogP contribution in [-0.2, 0) is 16.0 Å². The number of hydrogen-bond acceptors (Lipinski definition) is 3. The Morgan fingerprint density at radius 2 is 2.00 bits per heavy atom. The van der Waals surface area contributed by atoms with Crippen molar-refractivity contribution in [2.45, 2.75) is 12.8 Å². The number of amides is 2. The number of carbonyl (C=O) groups excluding carboxylic acids is 2. The van der Waals surface area contributed by atoms with Gasteiger partial charge in [0.1, 0.15) is 5.75 Å². The van der Waals surface area contributed by atoms with Crippen LogP contribution in [0.2, 0.25) is 0 Å². The molecule has 0 saturated heterocycles. The van der Waals surface area contributed by atoms with Gasteiger partial charge in [-0.15, -0.1) is 0 Å². The maximum Gasteiger partial charge on any atom is 0.230 e. The molecule has 1 aliphatic heterocycles. The molecule has 5 nitrogen and oxygen atoms in total. The van der Waals surface area contributed by atoms with Crippen LogP contribution < -0.4 is 15.0 Å². The maximum absolute atomic E-state index is 12.1. The summed E-state index contributed by atoms with van der Waals surface area (Å²) in [6.07, 6.45) is 0.657. The first-order valence-electron chi connectivity index (χ1n) is 7.50. The van der Waals surface area contributed by atoms with Gasteiger partial charge in [-0.1, -0.05) is 30.3 Å². The van der Waals surface area contributed by atoms with Gasteiger partial charge in [0.2, 0.25) is 11.8 Å². The van der Waals surface area contributed by atoms with E-state index >= 15 is 0 Å². The highest BCUT2D eigenvalue weighted by molar-refractivity contribution is 5.97. The minimum Gasteiger partial charge on any atom is -0.491 e. The van der Waals surface area contributed by atoms with Crippen LogP contribution in [0.5, 0.6) is 5.75 Å². The zero-order chi connectivity index (χ0) is 16.2. The van der Waals surface area contributed by atoms with Crippen LogP contribution in [0, 0.1) is 0 Å². The largest absolute Gasteiger partial charge is 0.491 e. The van der Waals surface area contributed by atoms with Gasteiger partial charge in [0.25, 0.3) is 0 Å². The fourth-order valence-electron chi connectivity index (χ4n) is 2.52. The molecule has 0 atom stereocenters. The van der Waals surface area contributed by atoms with Gasteiger partial charge in [-0.25, -0.2) is 0 Å². The lowest BCUT2D eigenvalue weighted by molar-refractivity contribution is -0.118. The molecule has 1 heterocycles. The fraction of sp³-hybridized carbons (Fsp3) is 0.222. The molecule has 5 heteroatoms. The molecule has 118 valence electrons. The molecule has 0 spiro atoms. The summed E-state index contributed by atoms with van der Waals surface area (Å²) in [5.74, 6) is 0.551. The van der Waals surface area contributed by atoms with Crippen LogP contribution >= 0.6 is 0 Å². The second-order valence-electron chi connectivity index (χ2n) is 5.44. The lowest BCUT2D eigenvalue weighted by Gasteiger charge is -2.17. The molecule has 2 amide bonds. The van der Waals surface area contributed by atoms with Crippen molar-refractivity contribution < 1.29 is 14.3 Å². The van der Waals surface area contributed by atoms with Crippen molar-refractivity contribution in [3.63, 3.8) is 0 Å². The van der Waals surface area contributed by atoms with Crippen molar-refractivity contribution >= 4 is 23.2 Å². The SMILES string of the molecule is CN1C(=O)CCOc2ccc(NC(=O)Cc3ccccc3)cc21. The summed E-state index contributed by atoms with van der Waals surface area (Å²) >= 11 is 0. The van der Waals surface area contributed by atoms with Crippen LogP contribution in [0.25, 0.3) is 0 Å². The van der Waals surface area contributed by atoms with Crippen molar-refractivity contribution in [1.29, 1.82) is 0 Å². The molecule has 0 saturated carbocycles. The summed E-state index contributed by atoms with van der Waals surface area (Å²) in [4.78, 5) is 25.6. The predicted octanol–water partition coefficient (Wildman–Crippen LogP) is 2.61. The van der Waals surface area contributed by atoms with Crippen molar-refractivity contribution in [2.75, 3.05) is 23.9 Å². The molecule has 3 rings (SSSR count). The average molecular weight is 310 g/mol. The van der Waals surface area contributed by atoms with Gasteiger partial charge < -0.3 is 15.0 Å². The Morgan fingerprint density at radius 1 is 1.22 bits per heavy atom. The van der Waals surface area contributed by atoms with Crippen molar-refractivity contribution in [1.82, 2.24) is 0 Å². The lowest BCUT2D eigenvalue weighted by Crippen LogP contribution is -2.25. The molecule has 2 aromatic rings. The van der Waals surface area contributed by atoms with E-state index in [1.165, 1.54) is 0 Å². The number of nitrogens with one attached hydrogen (secondary N) is 1. The van der Waals surface area contributed by atoms with E-state index in [1.807, 2.05) is 30.3 Å². The minimum absolute atomic E-state index is 0.00323. The number of nitrogens with zero attached hydrogens (tertiary/aromatic N) is 1. The first kappa shape index (κ1) is 15.1. The number of rotatable bonds is 3. The highest BCUT2D eigenvalue weighted by Crippen LogP contribution is 2.33. The lowest BCUT2D eigenvalue weighted by atomic mass is 10.1. The Bertz CT molecular complexity index is 728. The molecule has 0 radical (unpaired) electrons. The topological polar surface area (TPSA) is 58.6 Å². The van der Waals surface area contributed by atoms with Gasteiger partial charge in [0.15, 0.2) is 0 Å². The molecule has 0 aliphatic carbocycles. The predicted molar refractivity (Wildman–Crippen MR) is 88.7 cm³/mol. The quantitative estimate of drug-likeness (QED) is 0.948. The molecule has 2 aromatic carbocycles. The van der Waals surface area contributed by atoms with Gasteiger partial charge in [-0.3, -0.25) is 9.59 Å². The van der Waals surface area contributed by atoms with Crippen LogP contribution in [0.4, 0.5) is 11.4 Å². The summed E-state index contributed by atoms with van der Waals surface area (Å²) < 4.78 is 5.57. The summed E-state index contributed by atoms with van der Waals surface area (Å²) in [5, 5.41) is 2.86. The normalized spacial score (nSPS) is 13.8. The highest BCUT2D eigenvalue weighted by Gasteiger charge is 2.20. The number of benzene rings is 2. The molecule has 23 heavy (non-hydrogen) atoms. The second kappa shape index (κ2) is 6.52. The van der Waals surface area contributed by atoms with Crippen LogP contribution in [0.1, 0.15) is 12.0 Å². The van der Waals surface area contributed by atoms with Gasteiger partial charge in [0.05, 0.1) is 25.1 Å². The Morgan fingerprint density at radius 3 is 2.78 bits per heavy atom. The molecule has 0 fully saturated rings. The monoisotopic (exact) mass is 310 g/mol. The summed E-state index contributed by atoms with van der Waals surface area (Å²) in [5.41, 5.74) is 2.27. The van der Waals surface area contributed by atoms with Crippen LogP contribution in [0.3, 0.4) is 0 Å². The third kappa shape index (κ3) is 3.51. The highest BCUT2D eigenvalue weighted by atomic mass is 16.5. The molecule has 1 aliphatic rings. The maximum atomic E-state index is 12.1. The first-order valence-corrected chi connectivity index (χ1v) is 7.50. The summed E-state index contributed by atoms with van der Waals surface area (Å²) in [6.45, 7) is 0.371. The van der Waals surface area contributed by atoms with E-state index in [-0.39, 0.29) is 11.8 Å². The number of fused-ring (bicyclic) bond motifs is 1. The smallest absolute Gasteiger partial charge is 0.230 e. The van der Waals surface area contributed by atoms with E-state index < -0.39 is 0 Å². The molecular weight excluding hydrogens is 292 g/mol. The summed E-state index contributed by atoms with van der Waals surface area (Å²) in [7, 11) is 1.71. The molecule has 0 unspecified atom stereocenters. The van der Waals surface area contributed by atoms with Crippen molar-refractivity contribution in [3.8, 4) is 5.75 Å². The van der Waals surface area contributed by atoms with Gasteiger partial charge in [-0.05, 0) is 23.8 Å². The average Bonchev–Trinajstić information content (AvgIpc) is 2.68. The van der Waals surface area contributed by atoms with Gasteiger partial charge >= 0.3 is 0 Å². The zero-order valence-corrected chi connectivity index (χ0v) is 12.9. The Hall–Kier alpha value is -2.82. The van der Waals surface area contributed by atoms with E-state index in [9.17, 15) is 9.59 Å². The van der Waals surface area contributed by atoms with Crippen molar-refractivity contribution in [3.05, 3.63) is 54.1 Å². The second-order valence-corrected chi connectivity index (χ2v) is 5.44. The van der Waals surface area contributed by atoms with Crippen LogP contribution in [0.15, 0.2) is 48.5 Å². The molecule has 1 N–H and O–H groups in total. The molecule has 0 bridgehead atoms. The number of hydrogen-bond donors (Lipinski definition) is 1. The third-order valence-corrected chi connectivity index (χ3v) is 3.76. The Labute approximate surface area is 134 Å². The number of anilines is 2. The molecule has 0 aromatic heterocycles. The van der Waals surface area contributed by atoms with E-state index in [1.54, 1.807) is 30.1 Å².